The minimum absolute atomic E-state index is 0.140. The summed E-state index contributed by atoms with van der Waals surface area (Å²) >= 11 is 12.7. The molecule has 4 aliphatic heterocycles. The molecule has 6 rings (SSSR count). The Morgan fingerprint density at radius 1 is 0.968 bits per heavy atom. The molecule has 3 saturated heterocycles. The Labute approximate surface area is 188 Å². The number of halogens is 2. The van der Waals surface area contributed by atoms with Gasteiger partial charge in [0.05, 0.1) is 0 Å². The summed E-state index contributed by atoms with van der Waals surface area (Å²) in [7, 11) is 0. The molecule has 0 saturated carbocycles. The van der Waals surface area contributed by atoms with Crippen molar-refractivity contribution in [2.45, 2.75) is 35.9 Å². The van der Waals surface area contributed by atoms with E-state index < -0.39 is 28.9 Å². The molecule has 0 bridgehead atoms. The highest BCUT2D eigenvalue weighted by Gasteiger charge is 2.80. The highest BCUT2D eigenvalue weighted by atomic mass is 35.5. The molecule has 3 fully saturated rings. The number of carbonyl (C=O) groups excluding carboxylic acids is 3. The van der Waals surface area contributed by atoms with Crippen molar-refractivity contribution in [2.75, 3.05) is 11.9 Å². The van der Waals surface area contributed by atoms with Crippen LogP contribution in [0.1, 0.15) is 29.9 Å². The molecular weight excluding hydrogens is 439 g/mol. The Bertz CT molecular complexity index is 1190. The molecule has 0 radical (unpaired) electrons. The van der Waals surface area contributed by atoms with Gasteiger partial charge in [0, 0.05) is 33.3 Å². The molecule has 2 aromatic carbocycles. The zero-order valence-corrected chi connectivity index (χ0v) is 17.8. The average molecular weight is 457 g/mol. The minimum atomic E-state index is -1.54. The van der Waals surface area contributed by atoms with E-state index in [0.29, 0.717) is 27.8 Å². The van der Waals surface area contributed by atoms with E-state index >= 15 is 0 Å². The fourth-order valence-electron chi connectivity index (χ4n) is 6.35. The third kappa shape index (κ3) is 2.16. The molecule has 4 aliphatic rings. The number of benzene rings is 2. The third-order valence-corrected chi connectivity index (χ3v) is 7.67. The van der Waals surface area contributed by atoms with Crippen LogP contribution in [0.15, 0.2) is 42.5 Å². The predicted octanol–water partition coefficient (Wildman–Crippen LogP) is 2.98. The van der Waals surface area contributed by atoms with Gasteiger partial charge < -0.3 is 10.6 Å². The molecular formula is C22H18Cl2N4O3. The normalized spacial score (nSPS) is 33.5. The molecule has 31 heavy (non-hydrogen) atoms. The molecule has 2 spiro atoms. The topological polar surface area (TPSA) is 90.5 Å². The van der Waals surface area contributed by atoms with Crippen LogP contribution in [0.25, 0.3) is 0 Å². The van der Waals surface area contributed by atoms with E-state index in [2.05, 4.69) is 20.9 Å². The number of imide groups is 1. The van der Waals surface area contributed by atoms with E-state index in [1.54, 1.807) is 24.3 Å². The summed E-state index contributed by atoms with van der Waals surface area (Å²) in [4.78, 5) is 42.1. The maximum atomic E-state index is 13.8. The number of carbonyl (C=O) groups is 3. The van der Waals surface area contributed by atoms with Crippen molar-refractivity contribution in [2.24, 2.45) is 0 Å². The largest absolute Gasteiger partial charge is 0.324 e. The van der Waals surface area contributed by atoms with Gasteiger partial charge in [-0.1, -0.05) is 35.3 Å². The molecule has 4 heterocycles. The van der Waals surface area contributed by atoms with Crippen LogP contribution in [0, 0.1) is 0 Å². The van der Waals surface area contributed by atoms with Crippen LogP contribution in [0.4, 0.5) is 10.5 Å². The van der Waals surface area contributed by atoms with E-state index in [-0.39, 0.29) is 11.9 Å². The molecule has 4 atom stereocenters. The van der Waals surface area contributed by atoms with Crippen LogP contribution in [0.5, 0.6) is 0 Å². The molecule has 9 heteroatoms. The van der Waals surface area contributed by atoms with E-state index in [1.807, 2.05) is 18.2 Å². The highest BCUT2D eigenvalue weighted by Crippen LogP contribution is 2.63. The average Bonchev–Trinajstić information content (AvgIpc) is 3.42. The van der Waals surface area contributed by atoms with Gasteiger partial charge in [-0.3, -0.25) is 19.8 Å². The second kappa shape index (κ2) is 6.22. The maximum absolute atomic E-state index is 13.8. The SMILES string of the molecule is O=C1NC(=O)[C@@]2(N1)C(c1cccc(Cl)c1)[C@H]1CCCN1[C@]21C(=O)Nc2ccc(Cl)cc21. The maximum Gasteiger partial charge on any atom is 0.322 e. The molecule has 158 valence electrons. The number of amides is 4. The van der Waals surface area contributed by atoms with Crippen molar-refractivity contribution >= 4 is 46.7 Å². The monoisotopic (exact) mass is 456 g/mol. The number of rotatable bonds is 1. The second-order valence-corrected chi connectivity index (χ2v) is 9.38. The lowest BCUT2D eigenvalue weighted by molar-refractivity contribution is -0.138. The second-order valence-electron chi connectivity index (χ2n) is 8.51. The van der Waals surface area contributed by atoms with Gasteiger partial charge in [0.1, 0.15) is 0 Å². The molecule has 7 nitrogen and oxygen atoms in total. The van der Waals surface area contributed by atoms with Crippen molar-refractivity contribution < 1.29 is 14.4 Å². The van der Waals surface area contributed by atoms with Gasteiger partial charge in [-0.05, 0) is 55.3 Å². The number of hydrogen-bond donors (Lipinski definition) is 3. The Morgan fingerprint density at radius 2 is 1.77 bits per heavy atom. The third-order valence-electron chi connectivity index (χ3n) is 7.20. The van der Waals surface area contributed by atoms with Gasteiger partial charge in [0.25, 0.3) is 11.8 Å². The quantitative estimate of drug-likeness (QED) is 0.575. The summed E-state index contributed by atoms with van der Waals surface area (Å²) in [5, 5.41) is 9.25. The summed E-state index contributed by atoms with van der Waals surface area (Å²) in [5.41, 5.74) is -0.946. The lowest BCUT2D eigenvalue weighted by atomic mass is 9.65. The van der Waals surface area contributed by atoms with Crippen molar-refractivity contribution in [3.05, 3.63) is 63.6 Å². The smallest absolute Gasteiger partial charge is 0.322 e. The molecule has 1 unspecified atom stereocenters. The van der Waals surface area contributed by atoms with E-state index in [9.17, 15) is 14.4 Å². The van der Waals surface area contributed by atoms with Crippen molar-refractivity contribution in [1.29, 1.82) is 0 Å². The number of fused-ring (bicyclic) bond motifs is 5. The van der Waals surface area contributed by atoms with Crippen molar-refractivity contribution in [3.63, 3.8) is 0 Å². The molecule has 2 aromatic rings. The first kappa shape index (κ1) is 19.1. The first-order valence-electron chi connectivity index (χ1n) is 10.2. The summed E-state index contributed by atoms with van der Waals surface area (Å²) < 4.78 is 0. The van der Waals surface area contributed by atoms with Crippen LogP contribution in [-0.4, -0.2) is 40.9 Å². The first-order chi connectivity index (χ1) is 14.9. The number of anilines is 1. The van der Waals surface area contributed by atoms with Gasteiger partial charge in [0.15, 0.2) is 11.1 Å². The van der Waals surface area contributed by atoms with Gasteiger partial charge in [0.2, 0.25) is 0 Å². The number of nitrogens with zero attached hydrogens (tertiary/aromatic N) is 1. The Hall–Kier alpha value is -2.61. The van der Waals surface area contributed by atoms with Crippen LogP contribution in [0.3, 0.4) is 0 Å². The van der Waals surface area contributed by atoms with Crippen LogP contribution < -0.4 is 16.0 Å². The lowest BCUT2D eigenvalue weighted by Gasteiger charge is -2.42. The van der Waals surface area contributed by atoms with Crippen LogP contribution in [-0.2, 0) is 15.1 Å². The van der Waals surface area contributed by atoms with Crippen molar-refractivity contribution in [1.82, 2.24) is 15.5 Å². The highest BCUT2D eigenvalue weighted by molar-refractivity contribution is 6.31. The molecule has 4 amide bonds. The summed E-state index contributed by atoms with van der Waals surface area (Å²) in [6.45, 7) is 0.617. The summed E-state index contributed by atoms with van der Waals surface area (Å²) in [6.07, 6.45) is 1.66. The van der Waals surface area contributed by atoms with Crippen molar-refractivity contribution in [3.8, 4) is 0 Å². The standard InChI is InChI=1S/C22H18Cl2N4O3/c23-12-4-1-3-11(9-12)17-16-5-2-8-28(16)22(21(17)18(29)26-20(31)27-21)14-10-13(24)6-7-15(14)25-19(22)30/h1,3-4,6-7,9-10,16-17H,2,5,8H2,(H,25,30)(H2,26,27,29,31)/t16-,17?,21+,22-/m1/s1. The lowest BCUT2D eigenvalue weighted by Crippen LogP contribution is -2.68. The van der Waals surface area contributed by atoms with Crippen LogP contribution >= 0.6 is 23.2 Å². The minimum Gasteiger partial charge on any atom is -0.324 e. The zero-order valence-electron chi connectivity index (χ0n) is 16.2. The molecule has 0 aromatic heterocycles. The predicted molar refractivity (Wildman–Crippen MR) is 115 cm³/mol. The van der Waals surface area contributed by atoms with Gasteiger partial charge in [-0.2, -0.15) is 0 Å². The van der Waals surface area contributed by atoms with E-state index in [1.165, 1.54) is 0 Å². The van der Waals surface area contributed by atoms with Gasteiger partial charge >= 0.3 is 6.03 Å². The first-order valence-corrected chi connectivity index (χ1v) is 10.9. The van der Waals surface area contributed by atoms with Gasteiger partial charge in [-0.15, -0.1) is 0 Å². The van der Waals surface area contributed by atoms with Gasteiger partial charge in [-0.25, -0.2) is 4.79 Å². The zero-order chi connectivity index (χ0) is 21.5. The van der Waals surface area contributed by atoms with E-state index in [0.717, 1.165) is 18.4 Å². The molecule has 0 aliphatic carbocycles. The number of nitrogens with one attached hydrogen (secondary N) is 3. The summed E-state index contributed by atoms with van der Waals surface area (Å²) in [6, 6.07) is 11.7. The fourth-order valence-corrected chi connectivity index (χ4v) is 6.72. The van der Waals surface area contributed by atoms with Crippen LogP contribution in [0.2, 0.25) is 10.0 Å². The fraction of sp³-hybridized carbons (Fsp3) is 0.318. The number of urea groups is 1. The Morgan fingerprint density at radius 3 is 2.52 bits per heavy atom. The van der Waals surface area contributed by atoms with E-state index in [4.69, 9.17) is 23.2 Å². The molecule has 3 N–H and O–H groups in total. The Balaban J connectivity index is 1.71. The number of hydrogen-bond acceptors (Lipinski definition) is 4. The summed E-state index contributed by atoms with van der Waals surface area (Å²) in [5.74, 6) is -1.32. The Kier molecular flexibility index (Phi) is 3.83.